The fourth-order valence-electron chi connectivity index (χ4n) is 3.18. The van der Waals surface area contributed by atoms with Gasteiger partial charge < -0.3 is 4.57 Å². The minimum atomic E-state index is -6.82. The molecule has 1 aromatic carbocycles. The molecule has 0 spiro atoms. The van der Waals surface area contributed by atoms with Crippen LogP contribution in [0.1, 0.15) is 23.6 Å². The van der Waals surface area contributed by atoms with E-state index in [4.69, 9.17) is 0 Å². The van der Waals surface area contributed by atoms with E-state index in [9.17, 15) is 66.3 Å². The highest BCUT2D eigenvalue weighted by Crippen LogP contribution is 2.54. The summed E-state index contributed by atoms with van der Waals surface area (Å²) in [7, 11) is 0. The van der Waals surface area contributed by atoms with Gasteiger partial charge in [0.05, 0.1) is 11.1 Å². The lowest BCUT2D eigenvalue weighted by Crippen LogP contribution is -2.52. The minimum Gasteiger partial charge on any atom is -0.308 e. The Morgan fingerprint density at radius 1 is 0.735 bits per heavy atom. The lowest BCUT2D eigenvalue weighted by Gasteiger charge is -2.30. The van der Waals surface area contributed by atoms with Crippen LogP contribution in [0.4, 0.5) is 61.5 Å². The predicted molar refractivity (Wildman–Crippen MR) is 88.4 cm³/mol. The van der Waals surface area contributed by atoms with Crippen LogP contribution < -0.4 is 5.56 Å². The molecule has 0 saturated heterocycles. The summed E-state index contributed by atoms with van der Waals surface area (Å²) in [6.07, 6.45) is -13.6. The van der Waals surface area contributed by atoms with Gasteiger partial charge in [0.1, 0.15) is 0 Å². The lowest BCUT2D eigenvalue weighted by atomic mass is 9.93. The molecule has 0 aliphatic rings. The van der Waals surface area contributed by atoms with E-state index in [2.05, 4.69) is 0 Å². The van der Waals surface area contributed by atoms with Crippen molar-refractivity contribution >= 4 is 10.9 Å². The van der Waals surface area contributed by atoms with E-state index in [1.807, 2.05) is 0 Å². The van der Waals surface area contributed by atoms with Gasteiger partial charge >= 0.3 is 36.0 Å². The summed E-state index contributed by atoms with van der Waals surface area (Å²) < 4.78 is 186. The maximum atomic E-state index is 14.3. The summed E-state index contributed by atoms with van der Waals surface area (Å²) in [4.78, 5) is 12.4. The number of benzene rings is 1. The van der Waals surface area contributed by atoms with Gasteiger partial charge in [-0.25, -0.2) is 0 Å². The molecule has 0 aliphatic carbocycles. The van der Waals surface area contributed by atoms with Crippen LogP contribution >= 0.6 is 0 Å². The smallest absolute Gasteiger partial charge is 0.308 e. The normalized spacial score (nSPS) is 14.7. The van der Waals surface area contributed by atoms with E-state index in [1.54, 1.807) is 0 Å². The topological polar surface area (TPSA) is 22.0 Å². The number of aromatic nitrogens is 1. The van der Waals surface area contributed by atoms with Crippen molar-refractivity contribution in [2.24, 2.45) is 0 Å². The molecule has 0 N–H and O–H groups in total. The molecule has 0 saturated carbocycles. The lowest BCUT2D eigenvalue weighted by molar-refractivity contribution is -0.360. The van der Waals surface area contributed by atoms with Crippen LogP contribution in [0.5, 0.6) is 0 Å². The van der Waals surface area contributed by atoms with Crippen molar-refractivity contribution in [1.82, 2.24) is 4.57 Å². The van der Waals surface area contributed by atoms with Crippen LogP contribution in [-0.2, 0) is 18.4 Å². The first-order valence-corrected chi connectivity index (χ1v) is 8.81. The second kappa shape index (κ2) is 7.73. The Bertz CT molecular complexity index is 1160. The summed E-state index contributed by atoms with van der Waals surface area (Å²) in [5.74, 6) is -25.5. The Morgan fingerprint density at radius 2 is 1.18 bits per heavy atom. The second-order valence-corrected chi connectivity index (χ2v) is 7.07. The molecule has 2 nitrogen and oxygen atoms in total. The molecular weight excluding hydrogens is 512 g/mol. The van der Waals surface area contributed by atoms with Gasteiger partial charge in [0.15, 0.2) is 0 Å². The quantitative estimate of drug-likeness (QED) is 0.391. The van der Waals surface area contributed by atoms with Gasteiger partial charge in [0.25, 0.3) is 5.56 Å². The van der Waals surface area contributed by atoms with Crippen LogP contribution in [-0.4, -0.2) is 28.8 Å². The van der Waals surface area contributed by atoms with Crippen molar-refractivity contribution in [3.05, 3.63) is 45.2 Å². The fourth-order valence-corrected chi connectivity index (χ4v) is 3.18. The minimum absolute atomic E-state index is 0.0245. The number of hydrogen-bond acceptors (Lipinski definition) is 1. The summed E-state index contributed by atoms with van der Waals surface area (Å²) in [6, 6.07) is 0.0667. The molecule has 1 aromatic heterocycles. The van der Waals surface area contributed by atoms with Crippen molar-refractivity contribution in [2.45, 2.75) is 56.4 Å². The number of rotatable bonds is 5. The molecule has 0 bridgehead atoms. The zero-order valence-corrected chi connectivity index (χ0v) is 16.6. The molecule has 1 heterocycles. The first-order chi connectivity index (χ1) is 15.0. The molecule has 0 amide bonds. The highest BCUT2D eigenvalue weighted by atomic mass is 19.4. The average molecular weight is 523 g/mol. The third-order valence-electron chi connectivity index (χ3n) is 5.02. The number of hydrogen-bond donors (Lipinski definition) is 0. The number of fused-ring (bicyclic) bond motifs is 1. The van der Waals surface area contributed by atoms with E-state index in [0.29, 0.717) is 6.92 Å². The first kappa shape index (κ1) is 27.7. The molecule has 0 atom stereocenters. The van der Waals surface area contributed by atoms with E-state index in [-0.39, 0.29) is 22.8 Å². The SMILES string of the molecule is CCn1c(=O)c(C(F)(F)C(F)(F)C(F)(F)F)c(C)c2ccc(C(F)(F)C(F)(F)C(F)(F)F)cc21. The first-order valence-electron chi connectivity index (χ1n) is 8.81. The van der Waals surface area contributed by atoms with Crippen LogP contribution in [0.3, 0.4) is 0 Å². The molecule has 16 heteroatoms. The number of alkyl halides is 14. The highest BCUT2D eigenvalue weighted by Gasteiger charge is 2.75. The van der Waals surface area contributed by atoms with Crippen LogP contribution in [0.25, 0.3) is 10.9 Å². The number of aryl methyl sites for hydroxylation is 2. The van der Waals surface area contributed by atoms with Gasteiger partial charge in [-0.1, -0.05) is 12.1 Å². The van der Waals surface area contributed by atoms with Crippen LogP contribution in [0.2, 0.25) is 0 Å². The Kier molecular flexibility index (Phi) is 6.30. The Hall–Kier alpha value is -2.55. The van der Waals surface area contributed by atoms with Gasteiger partial charge in [-0.3, -0.25) is 4.79 Å². The molecular formula is C18H11F14NO. The molecule has 2 aromatic rings. The second-order valence-electron chi connectivity index (χ2n) is 7.07. The van der Waals surface area contributed by atoms with Crippen molar-refractivity contribution in [3.63, 3.8) is 0 Å². The van der Waals surface area contributed by atoms with Crippen molar-refractivity contribution < 1.29 is 61.5 Å². The molecule has 34 heavy (non-hydrogen) atoms. The number of halogens is 14. The molecule has 0 radical (unpaired) electrons. The highest BCUT2D eigenvalue weighted by molar-refractivity contribution is 5.84. The Labute approximate surface area is 179 Å². The van der Waals surface area contributed by atoms with E-state index in [1.165, 1.54) is 0 Å². The Balaban J connectivity index is 2.94. The zero-order valence-electron chi connectivity index (χ0n) is 16.6. The van der Waals surface area contributed by atoms with Crippen molar-refractivity contribution in [1.29, 1.82) is 0 Å². The Morgan fingerprint density at radius 3 is 1.59 bits per heavy atom. The average Bonchev–Trinajstić information content (AvgIpc) is 2.65. The van der Waals surface area contributed by atoms with Gasteiger partial charge in [-0.05, 0) is 25.5 Å². The van der Waals surface area contributed by atoms with E-state index >= 15 is 0 Å². The van der Waals surface area contributed by atoms with Gasteiger partial charge in [0, 0.05) is 17.5 Å². The summed E-state index contributed by atoms with van der Waals surface area (Å²) in [6.45, 7) is 0.539. The van der Waals surface area contributed by atoms with Crippen LogP contribution in [0, 0.1) is 6.92 Å². The molecule has 2 rings (SSSR count). The summed E-state index contributed by atoms with van der Waals surface area (Å²) in [5, 5.41) is -0.844. The summed E-state index contributed by atoms with van der Waals surface area (Å²) >= 11 is 0. The summed E-state index contributed by atoms with van der Waals surface area (Å²) in [5.41, 5.74) is -8.83. The van der Waals surface area contributed by atoms with Crippen molar-refractivity contribution in [2.75, 3.05) is 0 Å². The maximum absolute atomic E-state index is 14.3. The predicted octanol–water partition coefficient (Wildman–Crippen LogP) is 6.91. The van der Waals surface area contributed by atoms with Crippen LogP contribution in [0.15, 0.2) is 23.0 Å². The van der Waals surface area contributed by atoms with Gasteiger partial charge in [0.2, 0.25) is 0 Å². The fraction of sp³-hybridized carbons (Fsp3) is 0.500. The zero-order chi connectivity index (χ0) is 26.9. The molecule has 0 fully saturated rings. The van der Waals surface area contributed by atoms with E-state index in [0.717, 1.165) is 6.92 Å². The molecule has 192 valence electrons. The van der Waals surface area contributed by atoms with E-state index < -0.39 is 75.7 Å². The molecule has 0 unspecified atom stereocenters. The maximum Gasteiger partial charge on any atom is 0.460 e. The van der Waals surface area contributed by atoms with Crippen molar-refractivity contribution in [3.8, 4) is 0 Å². The molecule has 0 aliphatic heterocycles. The van der Waals surface area contributed by atoms with Gasteiger partial charge in [-0.2, -0.15) is 61.5 Å². The third-order valence-corrected chi connectivity index (χ3v) is 5.02. The standard InChI is InChI=1S/C18H11F14NO/c1-3-33-10-6-8(13(19,20)15(23,24)17(27,28)29)4-5-9(10)7(2)11(12(33)34)14(21,22)16(25,26)18(30,31)32/h4-6H,3H2,1-2H3. The monoisotopic (exact) mass is 523 g/mol. The largest absolute Gasteiger partial charge is 0.460 e. The number of pyridine rings is 1. The number of nitrogens with zero attached hydrogens (tertiary/aromatic N) is 1. The third kappa shape index (κ3) is 3.68. The van der Waals surface area contributed by atoms with Gasteiger partial charge in [-0.15, -0.1) is 0 Å².